The summed E-state index contributed by atoms with van der Waals surface area (Å²) in [7, 11) is 0. The van der Waals surface area contributed by atoms with Gasteiger partial charge in [-0.2, -0.15) is 27.8 Å². The number of halogens is 3. The van der Waals surface area contributed by atoms with Gasteiger partial charge in [0.15, 0.2) is 5.69 Å². The molecule has 0 saturated carbocycles. The van der Waals surface area contributed by atoms with Crippen LogP contribution in [-0.4, -0.2) is 25.6 Å². The average molecular weight is 270 g/mol. The Hall–Kier alpha value is -0.554. The number of alkyl halides is 3. The summed E-state index contributed by atoms with van der Waals surface area (Å²) in [4.78, 5) is 17.3. The van der Waals surface area contributed by atoms with Crippen LogP contribution in [0.3, 0.4) is 0 Å². The van der Waals surface area contributed by atoms with E-state index in [1.54, 1.807) is 0 Å². The zero-order valence-corrected chi connectivity index (χ0v) is 11.5. The smallest absolute Gasteiger partial charge is 0.545 e. The SMILES string of the molecule is O=C([O-])c1cnc2ncnn2c1C(F)(F)F.[K+]. The molecular formula is C7H2F3KN4O2. The number of carboxylic acid groups (broad SMARTS) is 1. The van der Waals surface area contributed by atoms with Gasteiger partial charge in [-0.1, -0.05) is 0 Å². The van der Waals surface area contributed by atoms with Crippen molar-refractivity contribution in [1.29, 1.82) is 0 Å². The number of carbonyl (C=O) groups excluding carboxylic acids is 1. The number of fused-ring (bicyclic) bond motifs is 1. The van der Waals surface area contributed by atoms with Crippen molar-refractivity contribution in [2.75, 3.05) is 0 Å². The van der Waals surface area contributed by atoms with Gasteiger partial charge in [0.1, 0.15) is 6.33 Å². The minimum absolute atomic E-state index is 0. The second-order valence-corrected chi connectivity index (χ2v) is 2.78. The third-order valence-corrected chi connectivity index (χ3v) is 1.79. The maximum atomic E-state index is 12.6. The molecule has 6 nitrogen and oxygen atoms in total. The normalized spacial score (nSPS) is 11.2. The summed E-state index contributed by atoms with van der Waals surface area (Å²) in [5.41, 5.74) is -2.54. The summed E-state index contributed by atoms with van der Waals surface area (Å²) in [6.45, 7) is 0. The topological polar surface area (TPSA) is 83.2 Å². The summed E-state index contributed by atoms with van der Waals surface area (Å²) >= 11 is 0. The molecule has 0 aliphatic carbocycles. The molecule has 10 heteroatoms. The minimum Gasteiger partial charge on any atom is -0.545 e. The van der Waals surface area contributed by atoms with Crippen LogP contribution in [0.4, 0.5) is 13.2 Å². The molecule has 0 unspecified atom stereocenters. The number of hydrogen-bond donors (Lipinski definition) is 0. The van der Waals surface area contributed by atoms with Crippen LogP contribution in [0.25, 0.3) is 5.78 Å². The molecule has 2 aromatic heterocycles. The second kappa shape index (κ2) is 4.98. The summed E-state index contributed by atoms with van der Waals surface area (Å²) in [6, 6.07) is 0. The molecule has 0 aromatic carbocycles. The number of carbonyl (C=O) groups is 1. The second-order valence-electron chi connectivity index (χ2n) is 2.78. The predicted octanol–water partition coefficient (Wildman–Crippen LogP) is -3.49. The van der Waals surface area contributed by atoms with Crippen molar-refractivity contribution in [3.8, 4) is 0 Å². The third kappa shape index (κ3) is 2.65. The summed E-state index contributed by atoms with van der Waals surface area (Å²) in [5, 5.41) is 13.8. The van der Waals surface area contributed by atoms with Crippen LogP contribution in [0, 0.1) is 0 Å². The molecule has 0 atom stereocenters. The van der Waals surface area contributed by atoms with Crippen LogP contribution in [0.2, 0.25) is 0 Å². The molecule has 17 heavy (non-hydrogen) atoms. The first-order valence-electron chi connectivity index (χ1n) is 3.88. The summed E-state index contributed by atoms with van der Waals surface area (Å²) in [6.07, 6.45) is -3.50. The van der Waals surface area contributed by atoms with E-state index in [4.69, 9.17) is 0 Å². The molecule has 2 heterocycles. The van der Waals surface area contributed by atoms with Gasteiger partial charge in [0.05, 0.1) is 5.97 Å². The predicted molar refractivity (Wildman–Crippen MR) is 40.1 cm³/mol. The van der Waals surface area contributed by atoms with E-state index in [2.05, 4.69) is 15.1 Å². The molecule has 0 saturated heterocycles. The van der Waals surface area contributed by atoms with Crippen molar-refractivity contribution >= 4 is 11.7 Å². The molecule has 0 aliphatic rings. The number of hydrogen-bond acceptors (Lipinski definition) is 5. The van der Waals surface area contributed by atoms with E-state index in [1.165, 1.54) is 0 Å². The average Bonchev–Trinajstić information content (AvgIpc) is 2.61. The van der Waals surface area contributed by atoms with E-state index in [1.807, 2.05) is 0 Å². The van der Waals surface area contributed by atoms with Crippen molar-refractivity contribution in [2.45, 2.75) is 6.18 Å². The first kappa shape index (κ1) is 14.5. The zero-order valence-electron chi connectivity index (χ0n) is 8.39. The van der Waals surface area contributed by atoms with Gasteiger partial charge < -0.3 is 9.90 Å². The van der Waals surface area contributed by atoms with E-state index in [-0.39, 0.29) is 57.2 Å². The number of rotatable bonds is 1. The number of nitrogens with zero attached hydrogens (tertiary/aromatic N) is 4. The molecule has 0 bridgehead atoms. The Morgan fingerprint density at radius 1 is 1.35 bits per heavy atom. The van der Waals surface area contributed by atoms with Crippen molar-refractivity contribution in [1.82, 2.24) is 19.6 Å². The van der Waals surface area contributed by atoms with Gasteiger partial charge in [-0.25, -0.2) is 4.98 Å². The van der Waals surface area contributed by atoms with Crippen LogP contribution >= 0.6 is 0 Å². The Kier molecular flexibility index (Phi) is 4.25. The van der Waals surface area contributed by atoms with Gasteiger partial charge in [-0.05, 0) is 0 Å². The first-order chi connectivity index (χ1) is 7.41. The molecular weight excluding hydrogens is 268 g/mol. The fraction of sp³-hybridized carbons (Fsp3) is 0.143. The van der Waals surface area contributed by atoms with E-state index in [9.17, 15) is 23.1 Å². The van der Waals surface area contributed by atoms with Crippen molar-refractivity contribution < 1.29 is 74.5 Å². The van der Waals surface area contributed by atoms with Crippen molar-refractivity contribution in [2.24, 2.45) is 0 Å². The molecule has 0 aliphatic heterocycles. The standard InChI is InChI=1S/C7H3F3N4O2.K/c8-7(9,10)4-3(5(15)16)1-11-6-12-2-13-14(4)6;/h1-2H,(H,15,16);/q;+1/p-1. The fourth-order valence-corrected chi connectivity index (χ4v) is 1.20. The molecule has 0 fully saturated rings. The monoisotopic (exact) mass is 270 g/mol. The van der Waals surface area contributed by atoms with Crippen LogP contribution < -0.4 is 56.5 Å². The Labute approximate surface area is 134 Å². The van der Waals surface area contributed by atoms with Gasteiger partial charge in [0.2, 0.25) is 0 Å². The number of aromatic nitrogens is 4. The number of aromatic carboxylic acids is 1. The molecule has 84 valence electrons. The van der Waals surface area contributed by atoms with E-state index in [0.29, 0.717) is 10.7 Å². The molecule has 0 amide bonds. The molecule has 2 rings (SSSR count). The van der Waals surface area contributed by atoms with Crippen LogP contribution in [-0.2, 0) is 6.18 Å². The largest absolute Gasteiger partial charge is 1.00 e. The van der Waals surface area contributed by atoms with Crippen molar-refractivity contribution in [3.63, 3.8) is 0 Å². The Morgan fingerprint density at radius 3 is 2.53 bits per heavy atom. The van der Waals surface area contributed by atoms with Crippen molar-refractivity contribution in [3.05, 3.63) is 23.8 Å². The van der Waals surface area contributed by atoms with E-state index in [0.717, 1.165) is 6.33 Å². The molecule has 0 N–H and O–H groups in total. The van der Waals surface area contributed by atoms with Gasteiger partial charge in [0, 0.05) is 11.8 Å². The Morgan fingerprint density at radius 2 is 2.00 bits per heavy atom. The molecule has 0 radical (unpaired) electrons. The van der Waals surface area contributed by atoms with Gasteiger partial charge in [-0.15, -0.1) is 0 Å². The zero-order chi connectivity index (χ0) is 11.9. The van der Waals surface area contributed by atoms with Gasteiger partial charge in [0.25, 0.3) is 5.78 Å². The first-order valence-corrected chi connectivity index (χ1v) is 3.88. The van der Waals surface area contributed by atoms with E-state index >= 15 is 0 Å². The van der Waals surface area contributed by atoms with Crippen LogP contribution in [0.5, 0.6) is 0 Å². The van der Waals surface area contributed by atoms with Gasteiger partial charge >= 0.3 is 57.6 Å². The Bertz CT molecular complexity index is 568. The summed E-state index contributed by atoms with van der Waals surface area (Å²) < 4.78 is 38.1. The quantitative estimate of drug-likeness (QED) is 0.502. The van der Waals surface area contributed by atoms with Crippen LogP contribution in [0.15, 0.2) is 12.5 Å². The van der Waals surface area contributed by atoms with Crippen LogP contribution in [0.1, 0.15) is 16.1 Å². The van der Waals surface area contributed by atoms with Gasteiger partial charge in [-0.3, -0.25) is 0 Å². The number of carboxylic acids is 1. The molecule has 0 spiro atoms. The third-order valence-electron chi connectivity index (χ3n) is 1.79. The summed E-state index contributed by atoms with van der Waals surface area (Å²) in [5.74, 6) is -2.31. The maximum Gasteiger partial charge on any atom is 1.00 e. The fourth-order valence-electron chi connectivity index (χ4n) is 1.20. The Balaban J connectivity index is 0.00000144. The van der Waals surface area contributed by atoms with E-state index < -0.39 is 23.4 Å². The maximum absolute atomic E-state index is 12.6. The molecule has 2 aromatic rings. The minimum atomic E-state index is -4.88.